The van der Waals surface area contributed by atoms with Gasteiger partial charge in [0, 0.05) is 11.4 Å². The van der Waals surface area contributed by atoms with E-state index < -0.39 is 5.97 Å². The van der Waals surface area contributed by atoms with Crippen LogP contribution in [0, 0.1) is 6.92 Å². The molecule has 1 heterocycles. The predicted molar refractivity (Wildman–Crippen MR) is 173 cm³/mol. The van der Waals surface area contributed by atoms with Crippen LogP contribution >= 0.6 is 0 Å². The predicted octanol–water partition coefficient (Wildman–Crippen LogP) is 6.54. The number of amides is 3. The molecule has 1 fully saturated rings. The number of hydrogen-bond acceptors (Lipinski definition) is 5. The molecule has 4 aromatic rings. The Morgan fingerprint density at radius 2 is 1.44 bits per heavy atom. The highest BCUT2D eigenvalue weighted by Gasteiger charge is 2.37. The molecular weight excluding hydrogens is 570 g/mol. The van der Waals surface area contributed by atoms with Crippen LogP contribution in [0.2, 0.25) is 0 Å². The smallest absolute Gasteiger partial charge is 0.335 e. The molecule has 0 spiro atoms. The van der Waals surface area contributed by atoms with Crippen LogP contribution in [0.4, 0.5) is 16.2 Å². The van der Waals surface area contributed by atoms with Crippen LogP contribution in [0.15, 0.2) is 103 Å². The molecule has 5 rings (SSSR count). The lowest BCUT2D eigenvalue weighted by Crippen LogP contribution is -2.46. The fraction of sp³-hybridized carbons (Fsp3) is 0.250. The maximum Gasteiger partial charge on any atom is 0.335 e. The van der Waals surface area contributed by atoms with Crippen molar-refractivity contribution < 1.29 is 29.0 Å². The molecule has 3 amide bonds. The number of anilines is 2. The average molecular weight is 608 g/mol. The number of nitrogens with one attached hydrogen (secondary N) is 2. The minimum Gasteiger partial charge on any atom is -0.491 e. The third-order valence-corrected chi connectivity index (χ3v) is 7.83. The van der Waals surface area contributed by atoms with Gasteiger partial charge in [-0.05, 0) is 78.9 Å². The Morgan fingerprint density at radius 3 is 2.13 bits per heavy atom. The lowest BCUT2D eigenvalue weighted by molar-refractivity contribution is -0.135. The number of rotatable bonds is 12. The van der Waals surface area contributed by atoms with Crippen molar-refractivity contribution in [2.45, 2.75) is 44.9 Å². The number of carbonyl (C=O) groups excluding carboxylic acids is 2. The van der Waals surface area contributed by atoms with Crippen molar-refractivity contribution in [3.8, 4) is 5.75 Å². The first kappa shape index (κ1) is 31.3. The van der Waals surface area contributed by atoms with E-state index >= 15 is 0 Å². The number of hydrogen-bond donors (Lipinski definition) is 3. The Bertz CT molecular complexity index is 1590. The monoisotopic (exact) mass is 607 g/mol. The van der Waals surface area contributed by atoms with Crippen molar-refractivity contribution in [1.29, 1.82) is 0 Å². The van der Waals surface area contributed by atoms with Crippen LogP contribution in [0.25, 0.3) is 0 Å². The maximum absolute atomic E-state index is 13.8. The van der Waals surface area contributed by atoms with Gasteiger partial charge < -0.3 is 30.1 Å². The average Bonchev–Trinajstić information content (AvgIpc) is 3.45. The Labute approximate surface area is 262 Å². The zero-order chi connectivity index (χ0) is 31.6. The zero-order valence-corrected chi connectivity index (χ0v) is 25.1. The van der Waals surface area contributed by atoms with E-state index in [1.807, 2.05) is 78.6 Å². The largest absolute Gasteiger partial charge is 0.491 e. The number of urea groups is 1. The molecule has 1 aliphatic rings. The number of aryl methyl sites for hydroxylation is 1. The standard InChI is InChI=1S/C36H37N3O6/c1-25-7-5-6-10-33(25)38-36(43)37-29-15-11-26(12-16-29)21-34(40)39-30(23-44-22-27-8-3-2-4-9-27)17-18-31(39)24-45-32-19-13-28(14-20-32)35(41)42/h2-16,19-20,30-31H,17-18,21-24H2,1H3,(H,41,42)(H2,37,38,43). The summed E-state index contributed by atoms with van der Waals surface area (Å²) in [5, 5.41) is 14.9. The summed E-state index contributed by atoms with van der Waals surface area (Å²) in [5.41, 5.74) is 4.39. The van der Waals surface area contributed by atoms with Gasteiger partial charge in [0.05, 0.1) is 37.3 Å². The number of carbonyl (C=O) groups is 3. The van der Waals surface area contributed by atoms with Crippen LogP contribution < -0.4 is 15.4 Å². The summed E-state index contributed by atoms with van der Waals surface area (Å²) in [6.45, 7) is 3.08. The number of nitrogens with zero attached hydrogens (tertiary/aromatic N) is 1. The number of ether oxygens (including phenoxy) is 2. The van der Waals surface area contributed by atoms with Gasteiger partial charge in [-0.1, -0.05) is 60.7 Å². The van der Waals surface area contributed by atoms with Gasteiger partial charge in [-0.15, -0.1) is 0 Å². The van der Waals surface area contributed by atoms with E-state index in [1.54, 1.807) is 24.3 Å². The maximum atomic E-state index is 13.8. The lowest BCUT2D eigenvalue weighted by Gasteiger charge is -2.30. The van der Waals surface area contributed by atoms with E-state index in [0.717, 1.165) is 35.2 Å². The molecule has 2 atom stereocenters. The van der Waals surface area contributed by atoms with Crippen molar-refractivity contribution in [3.63, 3.8) is 0 Å². The number of carboxylic acid groups (broad SMARTS) is 1. The summed E-state index contributed by atoms with van der Waals surface area (Å²) in [5.74, 6) is -0.485. The molecular formula is C36H37N3O6. The van der Waals surface area contributed by atoms with E-state index in [1.165, 1.54) is 12.1 Å². The van der Waals surface area contributed by atoms with Crippen molar-refractivity contribution in [2.24, 2.45) is 0 Å². The van der Waals surface area contributed by atoms with Crippen LogP contribution in [0.1, 0.15) is 39.9 Å². The van der Waals surface area contributed by atoms with Gasteiger partial charge in [-0.3, -0.25) is 4.79 Å². The topological polar surface area (TPSA) is 117 Å². The van der Waals surface area contributed by atoms with E-state index in [4.69, 9.17) is 14.6 Å². The third kappa shape index (κ3) is 8.70. The lowest BCUT2D eigenvalue weighted by atomic mass is 10.1. The summed E-state index contributed by atoms with van der Waals surface area (Å²) in [4.78, 5) is 39.3. The summed E-state index contributed by atoms with van der Waals surface area (Å²) >= 11 is 0. The second kappa shape index (κ2) is 15.0. The number of benzene rings is 4. The van der Waals surface area contributed by atoms with Crippen LogP contribution in [-0.4, -0.2) is 53.2 Å². The molecule has 9 nitrogen and oxygen atoms in total. The van der Waals surface area contributed by atoms with E-state index in [2.05, 4.69) is 10.6 Å². The summed E-state index contributed by atoms with van der Waals surface area (Å²) < 4.78 is 12.1. The summed E-state index contributed by atoms with van der Waals surface area (Å²) in [7, 11) is 0. The van der Waals surface area contributed by atoms with Crippen LogP contribution in [0.3, 0.4) is 0 Å². The molecule has 45 heavy (non-hydrogen) atoms. The molecule has 9 heteroatoms. The molecule has 0 bridgehead atoms. The first-order valence-electron chi connectivity index (χ1n) is 15.0. The minimum absolute atomic E-state index is 0.0337. The normalized spacial score (nSPS) is 15.8. The molecule has 4 aromatic carbocycles. The van der Waals surface area contributed by atoms with Gasteiger partial charge in [-0.2, -0.15) is 0 Å². The van der Waals surface area contributed by atoms with Crippen LogP contribution in [0.5, 0.6) is 5.75 Å². The van der Waals surface area contributed by atoms with E-state index in [-0.39, 0.29) is 42.6 Å². The highest BCUT2D eigenvalue weighted by atomic mass is 16.5. The molecule has 0 aromatic heterocycles. The summed E-state index contributed by atoms with van der Waals surface area (Å²) in [6, 6.07) is 30.4. The van der Waals surface area contributed by atoms with Gasteiger partial charge in [0.25, 0.3) is 0 Å². The van der Waals surface area contributed by atoms with Crippen molar-refractivity contribution in [1.82, 2.24) is 4.90 Å². The molecule has 1 aliphatic heterocycles. The number of aromatic carboxylic acids is 1. The Hall–Kier alpha value is -5.15. The number of para-hydroxylation sites is 1. The van der Waals surface area contributed by atoms with Gasteiger partial charge in [0.1, 0.15) is 12.4 Å². The van der Waals surface area contributed by atoms with E-state index in [9.17, 15) is 14.4 Å². The third-order valence-electron chi connectivity index (χ3n) is 7.83. The zero-order valence-electron chi connectivity index (χ0n) is 25.1. The molecule has 232 valence electrons. The molecule has 0 aliphatic carbocycles. The molecule has 1 saturated heterocycles. The molecule has 3 N–H and O–H groups in total. The summed E-state index contributed by atoms with van der Waals surface area (Å²) in [6.07, 6.45) is 1.73. The highest BCUT2D eigenvalue weighted by Crippen LogP contribution is 2.27. The van der Waals surface area contributed by atoms with Gasteiger partial charge >= 0.3 is 12.0 Å². The fourth-order valence-corrected chi connectivity index (χ4v) is 5.44. The van der Waals surface area contributed by atoms with Gasteiger partial charge in [0.15, 0.2) is 0 Å². The SMILES string of the molecule is Cc1ccccc1NC(=O)Nc1ccc(CC(=O)N2C(COCc3ccccc3)CCC2COc2ccc(C(=O)O)cc2)cc1. The molecule has 2 unspecified atom stereocenters. The fourth-order valence-electron chi connectivity index (χ4n) is 5.44. The molecule has 0 saturated carbocycles. The van der Waals surface area contributed by atoms with Gasteiger partial charge in [-0.25, -0.2) is 9.59 Å². The number of likely N-dealkylation sites (tertiary alicyclic amines) is 1. The quantitative estimate of drug-likeness (QED) is 0.169. The second-order valence-electron chi connectivity index (χ2n) is 11.1. The number of carboxylic acids is 1. The highest BCUT2D eigenvalue weighted by molar-refractivity contribution is 6.00. The van der Waals surface area contributed by atoms with E-state index in [0.29, 0.717) is 24.7 Å². The van der Waals surface area contributed by atoms with Gasteiger partial charge in [0.2, 0.25) is 5.91 Å². The van der Waals surface area contributed by atoms with Crippen molar-refractivity contribution in [2.75, 3.05) is 23.8 Å². The molecule has 0 radical (unpaired) electrons. The second-order valence-corrected chi connectivity index (χ2v) is 11.1. The van der Waals surface area contributed by atoms with Crippen molar-refractivity contribution in [3.05, 3.63) is 125 Å². The first-order valence-corrected chi connectivity index (χ1v) is 15.0. The van der Waals surface area contributed by atoms with Crippen molar-refractivity contribution >= 4 is 29.3 Å². The Kier molecular flexibility index (Phi) is 10.4. The first-order chi connectivity index (χ1) is 21.9. The Balaban J connectivity index is 1.21. The Morgan fingerprint density at radius 1 is 0.778 bits per heavy atom. The van der Waals surface area contributed by atoms with Crippen LogP contribution in [-0.2, 0) is 22.6 Å². The minimum atomic E-state index is -0.998.